The molecule has 0 aromatic carbocycles. The zero-order chi connectivity index (χ0) is 15.4. The minimum absolute atomic E-state index is 0.174. The molecular formula is C21H30O2. The number of hydrogen-bond acceptors (Lipinski definition) is 2. The van der Waals surface area contributed by atoms with Crippen LogP contribution in [0.25, 0.3) is 0 Å². The van der Waals surface area contributed by atoms with Crippen LogP contribution in [0.3, 0.4) is 0 Å². The fourth-order valence-electron chi connectivity index (χ4n) is 7.08. The molecule has 0 aliphatic heterocycles. The first-order valence-electron chi connectivity index (χ1n) is 10.2. The highest BCUT2D eigenvalue weighted by Crippen LogP contribution is 2.67. The molecule has 0 N–H and O–H groups in total. The smallest absolute Gasteiger partial charge is 0.309 e. The van der Waals surface area contributed by atoms with E-state index in [0.29, 0.717) is 5.92 Å². The Kier molecular flexibility index (Phi) is 3.56. The van der Waals surface area contributed by atoms with Gasteiger partial charge in [0, 0.05) is 0 Å². The van der Waals surface area contributed by atoms with Crippen LogP contribution >= 0.6 is 0 Å². The van der Waals surface area contributed by atoms with Gasteiger partial charge in [-0.3, -0.25) is 4.79 Å². The summed E-state index contributed by atoms with van der Waals surface area (Å²) in [5, 5.41) is 0. The minimum atomic E-state index is 0.174. The summed E-state index contributed by atoms with van der Waals surface area (Å²) >= 11 is 0. The van der Waals surface area contributed by atoms with E-state index in [1.807, 2.05) is 0 Å². The van der Waals surface area contributed by atoms with E-state index in [-0.39, 0.29) is 18.0 Å². The fraction of sp³-hybridized carbons (Fsp3) is 0.857. The molecule has 0 spiro atoms. The highest BCUT2D eigenvalue weighted by atomic mass is 16.5. The van der Waals surface area contributed by atoms with Crippen molar-refractivity contribution >= 4 is 5.97 Å². The van der Waals surface area contributed by atoms with Crippen LogP contribution in [0.2, 0.25) is 0 Å². The number of fused-ring (bicyclic) bond motifs is 9. The van der Waals surface area contributed by atoms with Crippen LogP contribution < -0.4 is 0 Å². The molecule has 2 heteroatoms. The van der Waals surface area contributed by atoms with E-state index in [0.717, 1.165) is 48.9 Å². The molecule has 0 heterocycles. The normalized spacial score (nSPS) is 48.3. The van der Waals surface area contributed by atoms with E-state index in [2.05, 4.69) is 12.2 Å². The molecule has 7 unspecified atom stereocenters. The molecule has 0 saturated heterocycles. The molecule has 7 atom stereocenters. The number of rotatable bonds is 2. The maximum atomic E-state index is 12.9. The van der Waals surface area contributed by atoms with Crippen molar-refractivity contribution in [3.05, 3.63) is 12.2 Å². The molecule has 23 heavy (non-hydrogen) atoms. The van der Waals surface area contributed by atoms with E-state index in [1.54, 1.807) is 0 Å². The molecule has 4 fully saturated rings. The number of allylic oxidation sites excluding steroid dienone is 2. The van der Waals surface area contributed by atoms with Crippen LogP contribution in [0, 0.1) is 41.4 Å². The lowest BCUT2D eigenvalue weighted by Crippen LogP contribution is -2.36. The number of hydrogen-bond donors (Lipinski definition) is 0. The van der Waals surface area contributed by atoms with Gasteiger partial charge in [0.05, 0.1) is 5.92 Å². The predicted molar refractivity (Wildman–Crippen MR) is 89.6 cm³/mol. The fourth-order valence-corrected chi connectivity index (χ4v) is 7.08. The molecule has 5 rings (SSSR count). The minimum Gasteiger partial charge on any atom is -0.462 e. The Morgan fingerprint density at radius 3 is 2.30 bits per heavy atom. The molecule has 4 saturated carbocycles. The van der Waals surface area contributed by atoms with Crippen molar-refractivity contribution in [3.63, 3.8) is 0 Å². The largest absolute Gasteiger partial charge is 0.462 e. The quantitative estimate of drug-likeness (QED) is 0.418. The van der Waals surface area contributed by atoms with Gasteiger partial charge in [-0.05, 0) is 80.5 Å². The molecule has 5 aliphatic rings. The first-order valence-corrected chi connectivity index (χ1v) is 10.2. The maximum Gasteiger partial charge on any atom is 0.309 e. The summed E-state index contributed by atoms with van der Waals surface area (Å²) in [6.07, 6.45) is 17.7. The average molecular weight is 314 g/mol. The van der Waals surface area contributed by atoms with Crippen molar-refractivity contribution < 1.29 is 9.53 Å². The lowest BCUT2D eigenvalue weighted by Gasteiger charge is -2.36. The first-order chi connectivity index (χ1) is 11.3. The van der Waals surface area contributed by atoms with Gasteiger partial charge in [-0.1, -0.05) is 31.4 Å². The molecule has 5 aliphatic carbocycles. The van der Waals surface area contributed by atoms with Crippen molar-refractivity contribution in [3.8, 4) is 0 Å². The molecule has 0 radical (unpaired) electrons. The van der Waals surface area contributed by atoms with Gasteiger partial charge in [0.1, 0.15) is 6.10 Å². The van der Waals surface area contributed by atoms with Crippen LogP contribution in [0.15, 0.2) is 12.2 Å². The Labute approximate surface area is 140 Å². The highest BCUT2D eigenvalue weighted by molar-refractivity contribution is 5.74. The Bertz CT molecular complexity index is 502. The van der Waals surface area contributed by atoms with Gasteiger partial charge in [-0.25, -0.2) is 0 Å². The summed E-state index contributed by atoms with van der Waals surface area (Å²) in [6.45, 7) is 0. The van der Waals surface area contributed by atoms with Gasteiger partial charge in [-0.2, -0.15) is 0 Å². The van der Waals surface area contributed by atoms with Gasteiger partial charge < -0.3 is 4.74 Å². The summed E-state index contributed by atoms with van der Waals surface area (Å²) < 4.78 is 6.04. The Morgan fingerprint density at radius 2 is 1.52 bits per heavy atom. The van der Waals surface area contributed by atoms with Crippen LogP contribution in [-0.4, -0.2) is 12.1 Å². The van der Waals surface area contributed by atoms with Gasteiger partial charge >= 0.3 is 5.97 Å². The Hall–Kier alpha value is -0.790. The second-order valence-electron chi connectivity index (χ2n) is 9.01. The number of ether oxygens (including phenoxy) is 1. The van der Waals surface area contributed by atoms with E-state index < -0.39 is 0 Å². The molecule has 2 nitrogen and oxygen atoms in total. The standard InChI is InChI=1S/C21H30O2/c22-21(23-16-6-4-2-1-3-5-7-16)18-12-15-11-17(18)20-14-9-8-13(10-14)19(15)20/h8-9,13-20H,1-7,10-12H2. The summed E-state index contributed by atoms with van der Waals surface area (Å²) in [5.74, 6) is 5.25. The van der Waals surface area contributed by atoms with Crippen LogP contribution in [-0.2, 0) is 9.53 Å². The van der Waals surface area contributed by atoms with Crippen LogP contribution in [0.1, 0.15) is 64.2 Å². The maximum absolute atomic E-state index is 12.9. The lowest BCUT2D eigenvalue weighted by atomic mass is 9.69. The highest BCUT2D eigenvalue weighted by Gasteiger charge is 2.62. The van der Waals surface area contributed by atoms with Gasteiger partial charge in [0.25, 0.3) is 0 Å². The van der Waals surface area contributed by atoms with Gasteiger partial charge in [0.2, 0.25) is 0 Å². The van der Waals surface area contributed by atoms with Crippen molar-refractivity contribution in [2.75, 3.05) is 0 Å². The Balaban J connectivity index is 1.24. The zero-order valence-corrected chi connectivity index (χ0v) is 14.2. The second kappa shape index (κ2) is 5.63. The second-order valence-corrected chi connectivity index (χ2v) is 9.01. The molecule has 0 aromatic rings. The van der Waals surface area contributed by atoms with E-state index in [4.69, 9.17) is 4.74 Å². The first kappa shape index (κ1) is 14.5. The SMILES string of the molecule is O=C(OC1CCCCCCC1)C1CC2CC1C1C3C=CC(C3)C21. The Morgan fingerprint density at radius 1 is 0.826 bits per heavy atom. The third kappa shape index (κ3) is 2.31. The van der Waals surface area contributed by atoms with E-state index in [9.17, 15) is 4.79 Å². The number of carbonyl (C=O) groups excluding carboxylic acids is 1. The topological polar surface area (TPSA) is 26.3 Å². The number of esters is 1. The van der Waals surface area contributed by atoms with E-state index in [1.165, 1.54) is 44.9 Å². The summed E-state index contributed by atoms with van der Waals surface area (Å²) in [5.41, 5.74) is 0. The van der Waals surface area contributed by atoms with Crippen LogP contribution in [0.4, 0.5) is 0 Å². The molecular weight excluding hydrogens is 284 g/mol. The predicted octanol–water partition coefficient (Wildman–Crippen LogP) is 4.74. The summed E-state index contributed by atoms with van der Waals surface area (Å²) in [7, 11) is 0. The van der Waals surface area contributed by atoms with E-state index >= 15 is 0 Å². The van der Waals surface area contributed by atoms with Crippen molar-refractivity contribution in [2.45, 2.75) is 70.3 Å². The third-order valence-electron chi connectivity index (χ3n) is 7.91. The average Bonchev–Trinajstić information content (AvgIpc) is 3.27. The van der Waals surface area contributed by atoms with Crippen molar-refractivity contribution in [2.24, 2.45) is 41.4 Å². The molecule has 0 aromatic heterocycles. The molecule has 4 bridgehead atoms. The summed E-state index contributed by atoms with van der Waals surface area (Å²) in [4.78, 5) is 12.9. The monoisotopic (exact) mass is 314 g/mol. The summed E-state index contributed by atoms with van der Waals surface area (Å²) in [6, 6.07) is 0. The van der Waals surface area contributed by atoms with Crippen LogP contribution in [0.5, 0.6) is 0 Å². The van der Waals surface area contributed by atoms with Crippen molar-refractivity contribution in [1.82, 2.24) is 0 Å². The van der Waals surface area contributed by atoms with Crippen molar-refractivity contribution in [1.29, 1.82) is 0 Å². The molecule has 0 amide bonds. The zero-order valence-electron chi connectivity index (χ0n) is 14.2. The number of carbonyl (C=O) groups is 1. The lowest BCUT2D eigenvalue weighted by molar-refractivity contribution is -0.158. The third-order valence-corrected chi connectivity index (χ3v) is 7.91. The van der Waals surface area contributed by atoms with Gasteiger partial charge in [0.15, 0.2) is 0 Å². The van der Waals surface area contributed by atoms with Gasteiger partial charge in [-0.15, -0.1) is 0 Å². The molecule has 126 valence electrons.